The summed E-state index contributed by atoms with van der Waals surface area (Å²) in [5.74, 6) is 0.147. The van der Waals surface area contributed by atoms with Gasteiger partial charge in [-0.05, 0) is 40.2 Å². The third-order valence-corrected chi connectivity index (χ3v) is 4.51. The fourth-order valence-corrected chi connectivity index (χ4v) is 2.72. The van der Waals surface area contributed by atoms with Crippen molar-refractivity contribution >= 4 is 50.1 Å². The van der Waals surface area contributed by atoms with Gasteiger partial charge in [-0.1, -0.05) is 29.3 Å². The van der Waals surface area contributed by atoms with E-state index in [4.69, 9.17) is 27.6 Å². The molecule has 6 heteroatoms. The number of hydrogen-bond donors (Lipinski definition) is 1. The van der Waals surface area contributed by atoms with Gasteiger partial charge in [0.25, 0.3) is 0 Å². The van der Waals surface area contributed by atoms with Crippen molar-refractivity contribution in [2.75, 3.05) is 0 Å². The quantitative estimate of drug-likeness (QED) is 0.623. The van der Waals surface area contributed by atoms with E-state index < -0.39 is 0 Å². The molecule has 3 nitrogen and oxygen atoms in total. The van der Waals surface area contributed by atoms with Crippen molar-refractivity contribution < 1.29 is 9.52 Å². The van der Waals surface area contributed by atoms with Crippen molar-refractivity contribution in [2.45, 2.75) is 0 Å². The summed E-state index contributed by atoms with van der Waals surface area (Å²) in [6.45, 7) is 0. The lowest BCUT2D eigenvalue weighted by Crippen LogP contribution is -2.00. The Bertz CT molecular complexity index is 919. The van der Waals surface area contributed by atoms with Crippen LogP contribution in [0.5, 0.6) is 5.75 Å². The van der Waals surface area contributed by atoms with E-state index in [1.165, 1.54) is 18.2 Å². The normalized spacial score (nSPS) is 11.0. The average molecular weight is 386 g/mol. The Balaban J connectivity index is 2.34. The van der Waals surface area contributed by atoms with Gasteiger partial charge >= 0.3 is 0 Å². The Labute approximate surface area is 137 Å². The Hall–Kier alpha value is -1.49. The first-order valence-corrected chi connectivity index (χ1v) is 7.43. The maximum absolute atomic E-state index is 12.1. The number of aromatic hydroxyl groups is 1. The fraction of sp³-hybridized carbons (Fsp3) is 0. The molecule has 0 spiro atoms. The van der Waals surface area contributed by atoms with E-state index in [0.717, 1.165) is 0 Å². The molecule has 0 atom stereocenters. The molecule has 0 bridgehead atoms. The van der Waals surface area contributed by atoms with Crippen LogP contribution in [0.15, 0.2) is 50.1 Å². The Kier molecular flexibility index (Phi) is 3.69. The Morgan fingerprint density at radius 3 is 2.62 bits per heavy atom. The van der Waals surface area contributed by atoms with Crippen LogP contribution in [-0.2, 0) is 0 Å². The van der Waals surface area contributed by atoms with Crippen molar-refractivity contribution in [3.05, 3.63) is 61.1 Å². The van der Waals surface area contributed by atoms with E-state index in [-0.39, 0.29) is 22.5 Å². The third kappa shape index (κ3) is 2.55. The van der Waals surface area contributed by atoms with Crippen LogP contribution in [0.4, 0.5) is 0 Å². The number of hydrogen-bond acceptors (Lipinski definition) is 3. The summed E-state index contributed by atoms with van der Waals surface area (Å²) in [6.07, 6.45) is 0. The summed E-state index contributed by atoms with van der Waals surface area (Å²) in [7, 11) is 0. The molecule has 0 aliphatic heterocycles. The van der Waals surface area contributed by atoms with Crippen LogP contribution in [-0.4, -0.2) is 5.11 Å². The molecular weight excluding hydrogens is 379 g/mol. The predicted octanol–water partition coefficient (Wildman–Crippen LogP) is 5.23. The predicted molar refractivity (Wildman–Crippen MR) is 87.3 cm³/mol. The van der Waals surface area contributed by atoms with Crippen LogP contribution in [0.25, 0.3) is 22.3 Å². The molecule has 1 aromatic heterocycles. The molecule has 0 aliphatic rings. The van der Waals surface area contributed by atoms with Crippen LogP contribution < -0.4 is 5.43 Å². The summed E-state index contributed by atoms with van der Waals surface area (Å²) in [5.41, 5.74) is 0.356. The van der Waals surface area contributed by atoms with E-state index in [9.17, 15) is 9.90 Å². The van der Waals surface area contributed by atoms with Crippen LogP contribution in [0.3, 0.4) is 0 Å². The van der Waals surface area contributed by atoms with Gasteiger partial charge in [0.05, 0.1) is 21.0 Å². The number of phenolic OH excluding ortho intramolecular Hbond substituents is 1. The minimum Gasteiger partial charge on any atom is -0.507 e. The van der Waals surface area contributed by atoms with Crippen LogP contribution in [0.2, 0.25) is 10.0 Å². The van der Waals surface area contributed by atoms with Crippen molar-refractivity contribution in [3.8, 4) is 17.1 Å². The first-order valence-electron chi connectivity index (χ1n) is 5.88. The van der Waals surface area contributed by atoms with E-state index >= 15 is 0 Å². The van der Waals surface area contributed by atoms with Gasteiger partial charge in [-0.3, -0.25) is 4.79 Å². The van der Waals surface area contributed by atoms with Gasteiger partial charge in [-0.25, -0.2) is 0 Å². The second-order valence-corrected chi connectivity index (χ2v) is 6.04. The van der Waals surface area contributed by atoms with Gasteiger partial charge in [-0.2, -0.15) is 0 Å². The molecule has 106 valence electrons. The van der Waals surface area contributed by atoms with Crippen molar-refractivity contribution in [2.24, 2.45) is 0 Å². The van der Waals surface area contributed by atoms with Crippen molar-refractivity contribution in [1.29, 1.82) is 0 Å². The number of rotatable bonds is 1. The number of fused-ring (bicyclic) bond motifs is 1. The molecule has 0 saturated carbocycles. The number of phenols is 1. The molecule has 21 heavy (non-hydrogen) atoms. The number of benzene rings is 2. The topological polar surface area (TPSA) is 50.4 Å². The standard InChI is InChI=1S/C15H7BrCl2O3/c16-9-5-12(19)8(4-11(9)18)14-6-13(20)7-2-1-3-10(17)15(7)21-14/h1-6,19H. The van der Waals surface area contributed by atoms with E-state index in [2.05, 4.69) is 15.9 Å². The highest BCUT2D eigenvalue weighted by molar-refractivity contribution is 9.10. The second kappa shape index (κ2) is 5.37. The minimum atomic E-state index is -0.243. The zero-order chi connectivity index (χ0) is 15.1. The van der Waals surface area contributed by atoms with Gasteiger partial charge in [0.2, 0.25) is 0 Å². The smallest absolute Gasteiger partial charge is 0.193 e. The van der Waals surface area contributed by atoms with E-state index in [1.807, 2.05) is 0 Å². The molecule has 0 fully saturated rings. The molecule has 3 rings (SSSR count). The molecule has 1 heterocycles. The third-order valence-electron chi connectivity index (χ3n) is 3.01. The van der Waals surface area contributed by atoms with Crippen molar-refractivity contribution in [3.63, 3.8) is 0 Å². The largest absolute Gasteiger partial charge is 0.507 e. The maximum Gasteiger partial charge on any atom is 0.193 e. The molecule has 3 aromatic rings. The summed E-state index contributed by atoms with van der Waals surface area (Å²) >= 11 is 15.3. The first kappa shape index (κ1) is 14.4. The highest BCUT2D eigenvalue weighted by atomic mass is 79.9. The van der Waals surface area contributed by atoms with Gasteiger partial charge in [-0.15, -0.1) is 0 Å². The maximum atomic E-state index is 12.1. The van der Waals surface area contributed by atoms with Crippen LogP contribution >= 0.6 is 39.1 Å². The number of para-hydroxylation sites is 1. The monoisotopic (exact) mass is 384 g/mol. The minimum absolute atomic E-state index is 0.0548. The Morgan fingerprint density at radius 1 is 1.10 bits per heavy atom. The summed E-state index contributed by atoms with van der Waals surface area (Å²) in [4.78, 5) is 12.1. The van der Waals surface area contributed by atoms with E-state index in [1.54, 1.807) is 18.2 Å². The van der Waals surface area contributed by atoms with Gasteiger partial charge in [0.15, 0.2) is 11.0 Å². The fourth-order valence-electron chi connectivity index (χ4n) is 2.01. The molecule has 0 aliphatic carbocycles. The molecule has 0 unspecified atom stereocenters. The summed E-state index contributed by atoms with van der Waals surface area (Å²) < 4.78 is 6.22. The molecule has 2 aromatic carbocycles. The van der Waals surface area contributed by atoms with Gasteiger partial charge < -0.3 is 9.52 Å². The summed E-state index contributed by atoms with van der Waals surface area (Å²) in [5, 5.41) is 11.1. The molecule has 0 radical (unpaired) electrons. The van der Waals surface area contributed by atoms with Gasteiger partial charge in [0, 0.05) is 10.5 Å². The lowest BCUT2D eigenvalue weighted by atomic mass is 10.1. The molecular formula is C15H7BrCl2O3. The van der Waals surface area contributed by atoms with E-state index in [0.29, 0.717) is 25.5 Å². The average Bonchev–Trinajstić information content (AvgIpc) is 2.44. The zero-order valence-corrected chi connectivity index (χ0v) is 13.5. The second-order valence-electron chi connectivity index (χ2n) is 4.37. The van der Waals surface area contributed by atoms with Gasteiger partial charge in [0.1, 0.15) is 11.5 Å². The van der Waals surface area contributed by atoms with Crippen LogP contribution in [0, 0.1) is 0 Å². The highest BCUT2D eigenvalue weighted by Gasteiger charge is 2.14. The first-order chi connectivity index (χ1) is 9.97. The lowest BCUT2D eigenvalue weighted by molar-refractivity contribution is 0.474. The zero-order valence-electron chi connectivity index (χ0n) is 10.4. The lowest BCUT2D eigenvalue weighted by Gasteiger charge is -2.07. The summed E-state index contributed by atoms with van der Waals surface area (Å²) in [6, 6.07) is 9.19. The highest BCUT2D eigenvalue weighted by Crippen LogP contribution is 2.37. The SMILES string of the molecule is O=c1cc(-c2cc(Cl)c(Br)cc2O)oc2c(Cl)cccc12. The molecule has 1 N–H and O–H groups in total. The number of halogens is 3. The molecule has 0 amide bonds. The molecule has 0 saturated heterocycles. The van der Waals surface area contributed by atoms with Crippen LogP contribution in [0.1, 0.15) is 0 Å². The Morgan fingerprint density at radius 2 is 1.86 bits per heavy atom. The van der Waals surface area contributed by atoms with Crippen molar-refractivity contribution in [1.82, 2.24) is 0 Å².